The quantitative estimate of drug-likeness (QED) is 0.0125. The summed E-state index contributed by atoms with van der Waals surface area (Å²) in [7, 11) is 6.06. The lowest BCUT2D eigenvalue weighted by molar-refractivity contribution is -0.385. The highest BCUT2D eigenvalue weighted by molar-refractivity contribution is 6.40. The van der Waals surface area contributed by atoms with Gasteiger partial charge >= 0.3 is 48.5 Å². The van der Waals surface area contributed by atoms with Gasteiger partial charge in [0.1, 0.15) is 29.6 Å². The van der Waals surface area contributed by atoms with Crippen molar-refractivity contribution in [3.63, 3.8) is 0 Å². The second-order valence-electron chi connectivity index (χ2n) is 13.2. The van der Waals surface area contributed by atoms with Gasteiger partial charge in [-0.15, -0.1) is 23.2 Å². The summed E-state index contributed by atoms with van der Waals surface area (Å²) in [5.41, 5.74) is 15.6. The number of amides is 3. The molecule has 2 aromatic rings. The van der Waals surface area contributed by atoms with E-state index in [4.69, 9.17) is 55.7 Å². The van der Waals surface area contributed by atoms with Gasteiger partial charge in [0.25, 0.3) is 11.4 Å². The maximum atomic E-state index is 10.9. The third-order valence-corrected chi connectivity index (χ3v) is 7.98. The predicted octanol–water partition coefficient (Wildman–Crippen LogP) is 5.95. The summed E-state index contributed by atoms with van der Waals surface area (Å²) in [6.45, 7) is 1.46. The largest absolute Gasteiger partial charge is 0.513 e. The van der Waals surface area contributed by atoms with E-state index < -0.39 is 76.5 Å². The van der Waals surface area contributed by atoms with Crippen LogP contribution in [0.1, 0.15) is 72.6 Å². The summed E-state index contributed by atoms with van der Waals surface area (Å²) >= 11 is 9.53. The molecule has 0 saturated heterocycles. The van der Waals surface area contributed by atoms with Crippen molar-refractivity contribution < 1.29 is 96.7 Å². The molecule has 0 radical (unpaired) electrons. The molecule has 75 heavy (non-hydrogen) atoms. The number of carbonyl (C=O) groups excluding carboxylic acids is 5. The molecule has 32 heteroatoms. The van der Waals surface area contributed by atoms with Crippen LogP contribution >= 0.6 is 23.2 Å². The van der Waals surface area contributed by atoms with Crippen molar-refractivity contribution in [3.8, 4) is 11.5 Å². The first-order valence-corrected chi connectivity index (χ1v) is 22.0. The van der Waals surface area contributed by atoms with Gasteiger partial charge in [-0.25, -0.2) is 28.8 Å². The van der Waals surface area contributed by atoms with Gasteiger partial charge in [-0.1, -0.05) is 21.3 Å². The molecule has 0 heterocycles. The van der Waals surface area contributed by atoms with Crippen molar-refractivity contribution in [3.05, 3.63) is 68.8 Å². The Labute approximate surface area is 443 Å². The second kappa shape index (κ2) is 51.4. The minimum Gasteiger partial charge on any atom is -0.480 e. The van der Waals surface area contributed by atoms with E-state index in [1.807, 2.05) is 0 Å². The van der Waals surface area contributed by atoms with Crippen LogP contribution in [0.15, 0.2) is 48.5 Å². The summed E-state index contributed by atoms with van der Waals surface area (Å²) < 4.78 is 30.7. The van der Waals surface area contributed by atoms with Crippen LogP contribution in [0.2, 0.25) is 0 Å². The lowest BCUT2D eigenvalue weighted by Crippen LogP contribution is -2.40. The number of halogens is 2. The van der Waals surface area contributed by atoms with Crippen molar-refractivity contribution in [1.82, 2.24) is 16.0 Å². The van der Waals surface area contributed by atoms with Crippen molar-refractivity contribution in [2.45, 2.75) is 90.8 Å². The first-order valence-electron chi connectivity index (χ1n) is 20.9. The van der Waals surface area contributed by atoms with E-state index in [1.165, 1.54) is 77.0 Å². The molecule has 430 valence electrons. The van der Waals surface area contributed by atoms with E-state index in [-0.39, 0.29) is 49.5 Å². The molecule has 0 saturated carbocycles. The second-order valence-corrected chi connectivity index (χ2v) is 14.1. The Balaban J connectivity index is -0.000000196. The average molecular weight is 1120 g/mol. The van der Waals surface area contributed by atoms with Crippen molar-refractivity contribution in [2.24, 2.45) is 17.2 Å². The molecule has 3 atom stereocenters. The summed E-state index contributed by atoms with van der Waals surface area (Å²) in [5.74, 6) is -2.66. The molecule has 0 aliphatic heterocycles. The van der Waals surface area contributed by atoms with Gasteiger partial charge in [-0.2, -0.15) is 0 Å². The number of hydrogen-bond acceptors (Lipinski definition) is 22. The number of nitrogens with zero attached hydrogens (tertiary/aromatic N) is 2. The molecule has 2 aromatic carbocycles. The zero-order chi connectivity index (χ0) is 56.7. The van der Waals surface area contributed by atoms with Gasteiger partial charge in [0, 0.05) is 37.4 Å². The number of nitro benzene ring substituents is 2. The van der Waals surface area contributed by atoms with Gasteiger partial charge < -0.3 is 81.6 Å². The topological polar surface area (TPSA) is 462 Å². The van der Waals surface area contributed by atoms with E-state index in [0.29, 0.717) is 58.2 Å². The molecular weight excluding hydrogens is 1050 g/mol. The normalized spacial score (nSPS) is 10.3. The number of benzene rings is 2. The highest BCUT2D eigenvalue weighted by atomic mass is 35.5. The van der Waals surface area contributed by atoms with E-state index in [0.717, 1.165) is 20.0 Å². The van der Waals surface area contributed by atoms with Crippen molar-refractivity contribution in [2.75, 3.05) is 60.5 Å². The standard InChI is InChI=1S/C10H18N2O6.C8H16N2O4.2C8H7NO5.C6H14N2O2.CH2Cl2.2CH4/c1-17-9(15)11-6-4-3-5-7(8(13)14)12-10(16)18-2;1-14-8(13)10-5-3-2-4-6(9)7(11)12;2*1-13-8(10)14-7-4-2-6(3-5-7)9(11)12;7-4-2-1-3-5(8)6(9)10;2-1-3;;/h7H,3-6H2,1-2H3,(H,11,15)(H,12,16)(H,13,14);6H,2-5,9H2,1H3,(H,10,13)(H,11,12);2*2-5H,1H3;5H,1-4,7-8H2,(H,9,10);1H2;2*1H4. The molecule has 0 aliphatic carbocycles. The number of non-ortho nitro benzene ring substituents is 2. The van der Waals surface area contributed by atoms with E-state index in [9.17, 15) is 58.6 Å². The highest BCUT2D eigenvalue weighted by Crippen LogP contribution is 2.18. The Bertz CT molecular complexity index is 1850. The molecule has 0 aliphatic rings. The van der Waals surface area contributed by atoms with Gasteiger partial charge in [-0.05, 0) is 82.2 Å². The molecule has 2 rings (SSSR count). The molecule has 0 bridgehead atoms. The Morgan fingerprint density at radius 1 is 0.547 bits per heavy atom. The van der Waals surface area contributed by atoms with Crippen molar-refractivity contribution in [1.29, 1.82) is 0 Å². The zero-order valence-electron chi connectivity index (χ0n) is 40.5. The predicted molar refractivity (Wildman–Crippen MR) is 272 cm³/mol. The molecular formula is C43H72Cl2N8O22. The third kappa shape index (κ3) is 48.5. The lowest BCUT2D eigenvalue weighted by Gasteiger charge is -2.13. The molecule has 3 amide bonds. The van der Waals surface area contributed by atoms with Gasteiger partial charge in [-0.3, -0.25) is 29.8 Å². The average Bonchev–Trinajstić information content (AvgIpc) is 3.36. The molecule has 12 N–H and O–H groups in total. The van der Waals surface area contributed by atoms with Crippen molar-refractivity contribution >= 4 is 83.1 Å². The number of nitro groups is 2. The van der Waals surface area contributed by atoms with Crippen LogP contribution in [-0.4, -0.2) is 152 Å². The van der Waals surface area contributed by atoms with E-state index >= 15 is 0 Å². The number of aliphatic carboxylic acids is 3. The van der Waals surface area contributed by atoms with Crippen LogP contribution in [0, 0.1) is 20.2 Å². The Morgan fingerprint density at radius 3 is 1.13 bits per heavy atom. The number of carbonyl (C=O) groups is 8. The summed E-state index contributed by atoms with van der Waals surface area (Å²) in [6, 6.07) is 7.68. The van der Waals surface area contributed by atoms with Gasteiger partial charge in [0.2, 0.25) is 0 Å². The van der Waals surface area contributed by atoms with Crippen LogP contribution in [0.3, 0.4) is 0 Å². The fourth-order valence-corrected chi connectivity index (χ4v) is 4.25. The SMILES string of the molecule is C.C.COC(=O)NCCCCC(N)C(=O)O.COC(=O)NCCCCC(NC(=O)OC)C(=O)O.COC(=O)Oc1ccc([N+](=O)[O-])cc1.COC(=O)Oc1ccc([N+](=O)[O-])cc1.ClCCl.NCCCCC(N)C(=O)O. The fraction of sp³-hybridized carbons (Fsp3) is 0.535. The number of unbranched alkanes of at least 4 members (excludes halogenated alkanes) is 3. The van der Waals surface area contributed by atoms with Crippen LogP contribution < -0.4 is 42.6 Å². The number of ether oxygens (including phenoxy) is 7. The zero-order valence-corrected chi connectivity index (χ0v) is 42.0. The molecule has 0 spiro atoms. The van der Waals surface area contributed by atoms with Crippen LogP contribution in [0.25, 0.3) is 0 Å². The molecule has 0 aromatic heterocycles. The first kappa shape index (κ1) is 78.9. The van der Waals surface area contributed by atoms with E-state index in [2.05, 4.69) is 49.1 Å². The molecule has 3 unspecified atom stereocenters. The van der Waals surface area contributed by atoms with Gasteiger partial charge in [0.05, 0.1) is 50.7 Å². The Kier molecular flexibility index (Phi) is 54.0. The number of methoxy groups -OCH3 is 5. The number of alkyl halides is 2. The maximum absolute atomic E-state index is 10.9. The summed E-state index contributed by atoms with van der Waals surface area (Å²) in [5, 5.41) is 53.5. The Hall–Kier alpha value is -7.54. The summed E-state index contributed by atoms with van der Waals surface area (Å²) in [4.78, 5) is 104. The molecule has 0 fully saturated rings. The third-order valence-electron chi connectivity index (χ3n) is 7.98. The fourth-order valence-electron chi connectivity index (χ4n) is 4.25. The lowest BCUT2D eigenvalue weighted by atomic mass is 10.1. The highest BCUT2D eigenvalue weighted by Gasteiger charge is 2.19. The minimum atomic E-state index is -1.12. The minimum absolute atomic E-state index is 0. The number of carboxylic acid groups (broad SMARTS) is 3. The summed E-state index contributed by atoms with van der Waals surface area (Å²) in [6.07, 6.45) is 1.79. The number of nitrogens with two attached hydrogens (primary N) is 3. The van der Waals surface area contributed by atoms with Crippen LogP contribution in [-0.2, 0) is 38.1 Å². The maximum Gasteiger partial charge on any atom is 0.513 e. The monoisotopic (exact) mass is 1120 g/mol. The smallest absolute Gasteiger partial charge is 0.480 e. The number of nitrogens with one attached hydrogen (secondary N) is 3. The number of carboxylic acids is 3. The van der Waals surface area contributed by atoms with Gasteiger partial charge in [0.15, 0.2) is 0 Å². The molecule has 30 nitrogen and oxygen atoms in total. The number of rotatable bonds is 22. The number of alkyl carbamates (subject to hydrolysis) is 3. The first-order chi connectivity index (χ1) is 34.4. The van der Waals surface area contributed by atoms with Crippen LogP contribution in [0.5, 0.6) is 11.5 Å². The number of hydrogen-bond donors (Lipinski definition) is 9. The van der Waals surface area contributed by atoms with Crippen LogP contribution in [0.4, 0.5) is 35.3 Å². The van der Waals surface area contributed by atoms with E-state index in [1.54, 1.807) is 0 Å². The Morgan fingerprint density at radius 2 is 0.867 bits per heavy atom.